The first-order chi connectivity index (χ1) is 7.48. The van der Waals surface area contributed by atoms with E-state index < -0.39 is 5.92 Å². The zero-order chi connectivity index (χ0) is 12.2. The molecule has 1 rings (SSSR count). The summed E-state index contributed by atoms with van der Waals surface area (Å²) in [6, 6.07) is -0.0325. The molecule has 1 saturated carbocycles. The van der Waals surface area contributed by atoms with Gasteiger partial charge in [-0.25, -0.2) is 8.78 Å². The molecule has 3 nitrogen and oxygen atoms in total. The Morgan fingerprint density at radius 1 is 1.50 bits per heavy atom. The average molecular weight is 234 g/mol. The number of hydrogen-bond acceptors (Lipinski definition) is 2. The van der Waals surface area contributed by atoms with Crippen LogP contribution in [-0.2, 0) is 4.79 Å². The molecule has 1 amide bonds. The lowest BCUT2D eigenvalue weighted by molar-refractivity contribution is -0.129. The Morgan fingerprint density at radius 3 is 2.50 bits per heavy atom. The van der Waals surface area contributed by atoms with Crippen molar-refractivity contribution in [1.82, 2.24) is 5.32 Å². The molecule has 1 fully saturated rings. The van der Waals surface area contributed by atoms with Crippen LogP contribution < -0.4 is 11.1 Å². The number of nitrogens with two attached hydrogens (primary N) is 1. The molecule has 0 aromatic rings. The summed E-state index contributed by atoms with van der Waals surface area (Å²) in [6.45, 7) is 2.33. The van der Waals surface area contributed by atoms with Gasteiger partial charge >= 0.3 is 0 Å². The fourth-order valence-electron chi connectivity index (χ4n) is 1.95. The SMILES string of the molecule is CCC(CN)NC(=O)C1CCC(F)(F)CC1. The van der Waals surface area contributed by atoms with Crippen molar-refractivity contribution in [3.05, 3.63) is 0 Å². The monoisotopic (exact) mass is 234 g/mol. The molecule has 1 aliphatic carbocycles. The lowest BCUT2D eigenvalue weighted by atomic mass is 9.86. The maximum atomic E-state index is 12.9. The van der Waals surface area contributed by atoms with E-state index in [1.165, 1.54) is 0 Å². The molecule has 0 aromatic heterocycles. The minimum Gasteiger partial charge on any atom is -0.352 e. The van der Waals surface area contributed by atoms with E-state index in [9.17, 15) is 13.6 Å². The zero-order valence-corrected chi connectivity index (χ0v) is 9.64. The van der Waals surface area contributed by atoms with Crippen LogP contribution >= 0.6 is 0 Å². The van der Waals surface area contributed by atoms with E-state index in [1.807, 2.05) is 6.92 Å². The Labute approximate surface area is 94.8 Å². The lowest BCUT2D eigenvalue weighted by Crippen LogP contribution is -2.44. The molecule has 0 saturated heterocycles. The largest absolute Gasteiger partial charge is 0.352 e. The van der Waals surface area contributed by atoms with Gasteiger partial charge in [0.1, 0.15) is 0 Å². The van der Waals surface area contributed by atoms with Crippen molar-refractivity contribution in [2.45, 2.75) is 51.0 Å². The lowest BCUT2D eigenvalue weighted by Gasteiger charge is -2.28. The van der Waals surface area contributed by atoms with Crippen LogP contribution in [0.2, 0.25) is 0 Å². The fraction of sp³-hybridized carbons (Fsp3) is 0.909. The van der Waals surface area contributed by atoms with Crippen molar-refractivity contribution in [1.29, 1.82) is 0 Å². The van der Waals surface area contributed by atoms with Gasteiger partial charge in [-0.3, -0.25) is 4.79 Å². The number of hydrogen-bond donors (Lipinski definition) is 2. The van der Waals surface area contributed by atoms with E-state index in [1.54, 1.807) is 0 Å². The maximum absolute atomic E-state index is 12.9. The van der Waals surface area contributed by atoms with E-state index in [0.29, 0.717) is 6.54 Å². The van der Waals surface area contributed by atoms with Gasteiger partial charge in [0, 0.05) is 31.3 Å². The first-order valence-corrected chi connectivity index (χ1v) is 5.86. The van der Waals surface area contributed by atoms with Crippen LogP contribution in [0.25, 0.3) is 0 Å². The van der Waals surface area contributed by atoms with Crippen LogP contribution in [0.4, 0.5) is 8.78 Å². The first-order valence-electron chi connectivity index (χ1n) is 5.86. The van der Waals surface area contributed by atoms with Crippen molar-refractivity contribution in [2.24, 2.45) is 11.7 Å². The summed E-state index contributed by atoms with van der Waals surface area (Å²) in [5, 5.41) is 2.80. The number of carbonyl (C=O) groups excluding carboxylic acids is 1. The van der Waals surface area contributed by atoms with Gasteiger partial charge in [0.2, 0.25) is 11.8 Å². The summed E-state index contributed by atoms with van der Waals surface area (Å²) in [5.41, 5.74) is 5.47. The van der Waals surface area contributed by atoms with Gasteiger partial charge in [-0.1, -0.05) is 6.92 Å². The highest BCUT2D eigenvalue weighted by molar-refractivity contribution is 5.79. The number of carbonyl (C=O) groups is 1. The third-order valence-electron chi connectivity index (χ3n) is 3.21. The van der Waals surface area contributed by atoms with Gasteiger partial charge in [0.05, 0.1) is 0 Å². The molecule has 1 aliphatic rings. The van der Waals surface area contributed by atoms with E-state index in [-0.39, 0.29) is 43.6 Å². The second kappa shape index (κ2) is 5.57. The van der Waals surface area contributed by atoms with Crippen LogP contribution in [0.5, 0.6) is 0 Å². The predicted octanol–water partition coefficient (Wildman–Crippen LogP) is 1.67. The quantitative estimate of drug-likeness (QED) is 0.777. The summed E-state index contributed by atoms with van der Waals surface area (Å²) < 4.78 is 25.8. The molecule has 94 valence electrons. The van der Waals surface area contributed by atoms with Crippen molar-refractivity contribution in [2.75, 3.05) is 6.54 Å². The highest BCUT2D eigenvalue weighted by Gasteiger charge is 2.37. The van der Waals surface area contributed by atoms with Crippen molar-refractivity contribution >= 4 is 5.91 Å². The van der Waals surface area contributed by atoms with Gasteiger partial charge in [0.25, 0.3) is 0 Å². The van der Waals surface area contributed by atoms with Crippen LogP contribution in [0.1, 0.15) is 39.0 Å². The number of nitrogens with one attached hydrogen (secondary N) is 1. The Morgan fingerprint density at radius 2 is 2.06 bits per heavy atom. The molecule has 16 heavy (non-hydrogen) atoms. The molecular formula is C11H20F2N2O. The van der Waals surface area contributed by atoms with Crippen LogP contribution in [0.15, 0.2) is 0 Å². The van der Waals surface area contributed by atoms with Gasteiger partial charge < -0.3 is 11.1 Å². The topological polar surface area (TPSA) is 55.1 Å². The van der Waals surface area contributed by atoms with Crippen LogP contribution in [0.3, 0.4) is 0 Å². The van der Waals surface area contributed by atoms with Crippen LogP contribution in [-0.4, -0.2) is 24.4 Å². The molecule has 5 heteroatoms. The maximum Gasteiger partial charge on any atom is 0.248 e. The molecule has 1 atom stereocenters. The van der Waals surface area contributed by atoms with Crippen molar-refractivity contribution < 1.29 is 13.6 Å². The number of rotatable bonds is 4. The molecule has 0 aromatic carbocycles. The fourth-order valence-corrected chi connectivity index (χ4v) is 1.95. The summed E-state index contributed by atoms with van der Waals surface area (Å²) in [5.74, 6) is -2.96. The molecule has 1 unspecified atom stereocenters. The number of halogens is 2. The van der Waals surface area contributed by atoms with Gasteiger partial charge in [-0.2, -0.15) is 0 Å². The smallest absolute Gasteiger partial charge is 0.248 e. The third kappa shape index (κ3) is 3.70. The molecule has 0 spiro atoms. The molecular weight excluding hydrogens is 214 g/mol. The van der Waals surface area contributed by atoms with Gasteiger partial charge in [-0.05, 0) is 19.3 Å². The number of amides is 1. The minimum absolute atomic E-state index is 0.0325. The summed E-state index contributed by atoms with van der Waals surface area (Å²) in [7, 11) is 0. The van der Waals surface area contributed by atoms with Gasteiger partial charge in [-0.15, -0.1) is 0 Å². The Balaban J connectivity index is 2.38. The normalized spacial score (nSPS) is 22.8. The van der Waals surface area contributed by atoms with E-state index >= 15 is 0 Å². The minimum atomic E-state index is -2.57. The molecule has 0 heterocycles. The summed E-state index contributed by atoms with van der Waals surface area (Å²) in [6.07, 6.45) is 0.972. The first kappa shape index (κ1) is 13.4. The Hall–Kier alpha value is -0.710. The average Bonchev–Trinajstić information content (AvgIpc) is 2.25. The second-order valence-corrected chi connectivity index (χ2v) is 4.48. The number of alkyl halides is 2. The van der Waals surface area contributed by atoms with Crippen molar-refractivity contribution in [3.63, 3.8) is 0 Å². The zero-order valence-electron chi connectivity index (χ0n) is 9.64. The molecule has 3 N–H and O–H groups in total. The highest BCUT2D eigenvalue weighted by atomic mass is 19.3. The van der Waals surface area contributed by atoms with Crippen molar-refractivity contribution in [3.8, 4) is 0 Å². The highest BCUT2D eigenvalue weighted by Crippen LogP contribution is 2.36. The molecule has 0 bridgehead atoms. The van der Waals surface area contributed by atoms with E-state index in [2.05, 4.69) is 5.32 Å². The standard InChI is InChI=1S/C11H20F2N2O/c1-2-9(7-14)15-10(16)8-3-5-11(12,13)6-4-8/h8-9H,2-7,14H2,1H3,(H,15,16). The third-order valence-corrected chi connectivity index (χ3v) is 3.21. The summed E-state index contributed by atoms with van der Waals surface area (Å²) >= 11 is 0. The van der Waals surface area contributed by atoms with Crippen LogP contribution in [0, 0.1) is 5.92 Å². The Kier molecular flexibility index (Phi) is 4.65. The molecule has 0 aliphatic heterocycles. The predicted molar refractivity (Wildman–Crippen MR) is 58.2 cm³/mol. The van der Waals surface area contributed by atoms with E-state index in [4.69, 9.17) is 5.73 Å². The molecule has 0 radical (unpaired) electrons. The summed E-state index contributed by atoms with van der Waals surface area (Å²) in [4.78, 5) is 11.7. The second-order valence-electron chi connectivity index (χ2n) is 4.48. The Bertz CT molecular complexity index is 232. The van der Waals surface area contributed by atoms with E-state index in [0.717, 1.165) is 6.42 Å². The van der Waals surface area contributed by atoms with Gasteiger partial charge in [0.15, 0.2) is 0 Å².